The van der Waals surface area contributed by atoms with Gasteiger partial charge < -0.3 is 14.6 Å². The Morgan fingerprint density at radius 1 is 1.38 bits per heavy atom. The molecule has 0 saturated carbocycles. The van der Waals surface area contributed by atoms with Crippen LogP contribution < -0.4 is 4.90 Å². The van der Waals surface area contributed by atoms with Crippen molar-refractivity contribution in [2.24, 2.45) is 0 Å². The van der Waals surface area contributed by atoms with Gasteiger partial charge in [-0.25, -0.2) is 0 Å². The van der Waals surface area contributed by atoms with Gasteiger partial charge in [0.1, 0.15) is 0 Å². The van der Waals surface area contributed by atoms with Crippen molar-refractivity contribution in [2.45, 2.75) is 19.8 Å². The molecular formula is C12H17N2OY-. The van der Waals surface area contributed by atoms with Crippen LogP contribution in [0, 0.1) is 6.07 Å². The molecule has 1 saturated heterocycles. The van der Waals surface area contributed by atoms with Crippen LogP contribution in [-0.4, -0.2) is 31.3 Å². The van der Waals surface area contributed by atoms with Crippen LogP contribution in [0.1, 0.15) is 25.3 Å². The number of rotatable bonds is 2. The third-order valence-corrected chi connectivity index (χ3v) is 2.66. The van der Waals surface area contributed by atoms with E-state index in [1.807, 2.05) is 12.3 Å². The molecule has 3 nitrogen and oxygen atoms in total. The summed E-state index contributed by atoms with van der Waals surface area (Å²) in [5.41, 5.74) is 1.17. The molecule has 0 atom stereocenters. The zero-order chi connectivity index (χ0) is 10.7. The number of anilines is 1. The van der Waals surface area contributed by atoms with Crippen LogP contribution in [0.4, 0.5) is 5.82 Å². The maximum atomic E-state index is 5.30. The van der Waals surface area contributed by atoms with Crippen LogP contribution in [0.3, 0.4) is 0 Å². The summed E-state index contributed by atoms with van der Waals surface area (Å²) in [5, 5.41) is 0. The molecule has 0 bridgehead atoms. The van der Waals surface area contributed by atoms with E-state index in [2.05, 4.69) is 29.8 Å². The molecule has 1 radical (unpaired) electrons. The van der Waals surface area contributed by atoms with Crippen molar-refractivity contribution < 1.29 is 37.4 Å². The predicted octanol–water partition coefficient (Wildman–Crippen LogP) is 1.84. The molecule has 2 rings (SSSR count). The third-order valence-electron chi connectivity index (χ3n) is 2.66. The van der Waals surface area contributed by atoms with Gasteiger partial charge in [0.2, 0.25) is 0 Å². The monoisotopic (exact) mass is 294 g/mol. The van der Waals surface area contributed by atoms with Crippen molar-refractivity contribution in [1.82, 2.24) is 4.98 Å². The van der Waals surface area contributed by atoms with Crippen molar-refractivity contribution in [1.29, 1.82) is 0 Å². The molecule has 1 aromatic heterocycles. The van der Waals surface area contributed by atoms with Crippen molar-refractivity contribution in [2.75, 3.05) is 31.2 Å². The molecule has 1 fully saturated rings. The van der Waals surface area contributed by atoms with E-state index in [9.17, 15) is 0 Å². The van der Waals surface area contributed by atoms with Gasteiger partial charge in [0.25, 0.3) is 0 Å². The van der Waals surface area contributed by atoms with Crippen molar-refractivity contribution in [3.8, 4) is 0 Å². The first kappa shape index (κ1) is 14.1. The Morgan fingerprint density at radius 2 is 2.06 bits per heavy atom. The fraction of sp³-hybridized carbons (Fsp3) is 0.583. The molecule has 1 aromatic rings. The Hall–Kier alpha value is 0.0139. The van der Waals surface area contributed by atoms with Gasteiger partial charge in [0.15, 0.2) is 0 Å². The summed E-state index contributed by atoms with van der Waals surface area (Å²) >= 11 is 0. The SMILES string of the molecule is CC(C)c1[c-]cc(N2CCOCC2)nc1.[Y]. The largest absolute Gasteiger partial charge is 0.404 e. The van der Waals surface area contributed by atoms with Crippen LogP contribution in [0.15, 0.2) is 12.3 Å². The molecule has 0 amide bonds. The van der Waals surface area contributed by atoms with E-state index in [0.29, 0.717) is 5.92 Å². The van der Waals surface area contributed by atoms with E-state index in [1.165, 1.54) is 5.56 Å². The number of hydrogen-bond donors (Lipinski definition) is 0. The van der Waals surface area contributed by atoms with Gasteiger partial charge in [-0.15, -0.1) is 11.6 Å². The summed E-state index contributed by atoms with van der Waals surface area (Å²) in [6, 6.07) is 5.28. The molecule has 1 aliphatic heterocycles. The first-order valence-corrected chi connectivity index (χ1v) is 5.47. The second-order valence-corrected chi connectivity index (χ2v) is 4.11. The zero-order valence-corrected chi connectivity index (χ0v) is 12.8. The number of hydrogen-bond acceptors (Lipinski definition) is 3. The molecule has 1 aliphatic rings. The van der Waals surface area contributed by atoms with E-state index in [-0.39, 0.29) is 32.7 Å². The maximum Gasteiger partial charge on any atom is 0.0632 e. The smallest absolute Gasteiger partial charge is 0.0632 e. The second kappa shape index (κ2) is 6.68. The number of morpholine rings is 1. The molecule has 85 valence electrons. The van der Waals surface area contributed by atoms with Crippen molar-refractivity contribution in [3.63, 3.8) is 0 Å². The molecule has 4 heteroatoms. The minimum atomic E-state index is 0. The summed E-state index contributed by atoms with van der Waals surface area (Å²) in [6.07, 6.45) is 1.93. The molecular weight excluding hydrogens is 277 g/mol. The Labute approximate surface area is 122 Å². The van der Waals surface area contributed by atoms with E-state index in [4.69, 9.17) is 4.74 Å². The predicted molar refractivity (Wildman–Crippen MR) is 60.2 cm³/mol. The number of aromatic nitrogens is 1. The van der Waals surface area contributed by atoms with Gasteiger partial charge >= 0.3 is 0 Å². The molecule has 0 N–H and O–H groups in total. The van der Waals surface area contributed by atoms with Gasteiger partial charge in [0.05, 0.1) is 13.2 Å². The Bertz CT molecular complexity index is 307. The molecule has 2 heterocycles. The van der Waals surface area contributed by atoms with Gasteiger partial charge in [-0.3, -0.25) is 0 Å². The molecule has 0 aromatic carbocycles. The standard InChI is InChI=1S/C12H17N2O.Y/c1-10(2)11-3-4-12(13-9-11)14-5-7-15-8-6-14;/h4,9-10H,5-8H2,1-2H3;/q-1;. The van der Waals surface area contributed by atoms with Crippen LogP contribution >= 0.6 is 0 Å². The molecule has 0 unspecified atom stereocenters. The normalized spacial score (nSPS) is 16.1. The Balaban J connectivity index is 0.00000128. The third kappa shape index (κ3) is 3.51. The topological polar surface area (TPSA) is 25.4 Å². The van der Waals surface area contributed by atoms with E-state index < -0.39 is 0 Å². The Kier molecular flexibility index (Phi) is 5.87. The fourth-order valence-electron chi connectivity index (χ4n) is 1.64. The molecule has 0 aliphatic carbocycles. The van der Waals surface area contributed by atoms with Gasteiger partial charge in [-0.2, -0.15) is 6.07 Å². The average Bonchev–Trinajstić information content (AvgIpc) is 2.30. The van der Waals surface area contributed by atoms with E-state index in [0.717, 1.165) is 32.1 Å². The van der Waals surface area contributed by atoms with Crippen LogP contribution in [0.5, 0.6) is 0 Å². The summed E-state index contributed by atoms with van der Waals surface area (Å²) in [5.74, 6) is 1.51. The summed E-state index contributed by atoms with van der Waals surface area (Å²) < 4.78 is 5.30. The maximum absolute atomic E-state index is 5.30. The summed E-state index contributed by atoms with van der Waals surface area (Å²) in [7, 11) is 0. The summed E-state index contributed by atoms with van der Waals surface area (Å²) in [6.45, 7) is 7.77. The van der Waals surface area contributed by atoms with Crippen LogP contribution in [0.25, 0.3) is 0 Å². The number of ether oxygens (including phenoxy) is 1. The van der Waals surface area contributed by atoms with E-state index >= 15 is 0 Å². The minimum Gasteiger partial charge on any atom is -0.404 e. The van der Waals surface area contributed by atoms with Crippen LogP contribution in [-0.2, 0) is 37.4 Å². The first-order valence-electron chi connectivity index (χ1n) is 5.47. The van der Waals surface area contributed by atoms with E-state index in [1.54, 1.807) is 0 Å². The quantitative estimate of drug-likeness (QED) is 0.778. The second-order valence-electron chi connectivity index (χ2n) is 4.11. The number of nitrogens with zero attached hydrogens (tertiary/aromatic N) is 2. The first-order chi connectivity index (χ1) is 7.27. The minimum absolute atomic E-state index is 0. The van der Waals surface area contributed by atoms with Gasteiger partial charge in [0, 0.05) is 51.6 Å². The average molecular weight is 294 g/mol. The van der Waals surface area contributed by atoms with Gasteiger partial charge in [-0.05, 0) is 5.92 Å². The fourth-order valence-corrected chi connectivity index (χ4v) is 1.64. The van der Waals surface area contributed by atoms with Crippen LogP contribution in [0.2, 0.25) is 0 Å². The summed E-state index contributed by atoms with van der Waals surface area (Å²) in [4.78, 5) is 6.70. The number of pyridine rings is 1. The van der Waals surface area contributed by atoms with Crippen molar-refractivity contribution >= 4 is 5.82 Å². The zero-order valence-electron chi connectivity index (χ0n) is 9.94. The van der Waals surface area contributed by atoms with Crippen molar-refractivity contribution in [3.05, 3.63) is 23.9 Å². The Morgan fingerprint density at radius 3 is 2.56 bits per heavy atom. The molecule has 0 spiro atoms. The molecule has 16 heavy (non-hydrogen) atoms. The van der Waals surface area contributed by atoms with Gasteiger partial charge in [-0.1, -0.05) is 20.0 Å².